The van der Waals surface area contributed by atoms with E-state index in [9.17, 15) is 4.79 Å². The predicted octanol–water partition coefficient (Wildman–Crippen LogP) is 5.15. The monoisotopic (exact) mass is 437 g/mol. The van der Waals surface area contributed by atoms with Gasteiger partial charge in [-0.05, 0) is 59.5 Å². The summed E-state index contributed by atoms with van der Waals surface area (Å²) >= 11 is 6.32. The molecule has 1 aliphatic rings. The van der Waals surface area contributed by atoms with E-state index < -0.39 is 0 Å². The third-order valence-electron chi connectivity index (χ3n) is 5.64. The lowest BCUT2D eigenvalue weighted by atomic mass is 9.87. The third-order valence-corrected chi connectivity index (χ3v) is 5.87. The van der Waals surface area contributed by atoms with Crippen molar-refractivity contribution in [1.29, 1.82) is 0 Å². The highest BCUT2D eigenvalue weighted by Gasteiger charge is 2.34. The molecule has 3 aromatic rings. The second kappa shape index (κ2) is 8.90. The fraction of sp³-hybridized carbons (Fsp3) is 0.240. The molecule has 0 aromatic heterocycles. The van der Waals surface area contributed by atoms with Crippen LogP contribution in [0.25, 0.3) is 0 Å². The van der Waals surface area contributed by atoms with E-state index in [1.807, 2.05) is 53.4 Å². The number of rotatable bonds is 5. The summed E-state index contributed by atoms with van der Waals surface area (Å²) in [6.07, 6.45) is 0.702. The van der Waals surface area contributed by atoms with Crippen molar-refractivity contribution in [2.75, 3.05) is 27.9 Å². The lowest BCUT2D eigenvalue weighted by molar-refractivity contribution is 0.0690. The maximum atomic E-state index is 13.7. The van der Waals surface area contributed by atoms with Crippen molar-refractivity contribution in [3.63, 3.8) is 0 Å². The minimum Gasteiger partial charge on any atom is -0.496 e. The third kappa shape index (κ3) is 3.93. The number of halogens is 1. The highest BCUT2D eigenvalue weighted by molar-refractivity contribution is 6.30. The van der Waals surface area contributed by atoms with E-state index in [4.69, 9.17) is 25.8 Å². The van der Waals surface area contributed by atoms with Gasteiger partial charge in [0.2, 0.25) is 0 Å². The van der Waals surface area contributed by atoms with Crippen molar-refractivity contribution >= 4 is 17.5 Å². The van der Waals surface area contributed by atoms with Crippen LogP contribution in [0.4, 0.5) is 0 Å². The molecule has 31 heavy (non-hydrogen) atoms. The molecular weight excluding hydrogens is 414 g/mol. The van der Waals surface area contributed by atoms with Crippen LogP contribution < -0.4 is 14.2 Å². The van der Waals surface area contributed by atoms with Gasteiger partial charge in [-0.3, -0.25) is 4.79 Å². The van der Waals surface area contributed by atoms with Gasteiger partial charge in [0.15, 0.2) is 11.5 Å². The van der Waals surface area contributed by atoms with Gasteiger partial charge in [0, 0.05) is 11.6 Å². The van der Waals surface area contributed by atoms with Crippen LogP contribution in [0.5, 0.6) is 17.2 Å². The van der Waals surface area contributed by atoms with E-state index in [1.165, 1.54) is 0 Å². The summed E-state index contributed by atoms with van der Waals surface area (Å²) in [6.45, 7) is 0.552. The zero-order chi connectivity index (χ0) is 22.0. The first-order valence-corrected chi connectivity index (χ1v) is 10.4. The first-order chi connectivity index (χ1) is 15.1. The van der Waals surface area contributed by atoms with Gasteiger partial charge in [-0.1, -0.05) is 35.9 Å². The number of hydrogen-bond acceptors (Lipinski definition) is 4. The van der Waals surface area contributed by atoms with Crippen LogP contribution in [0.15, 0.2) is 60.7 Å². The van der Waals surface area contributed by atoms with Crippen molar-refractivity contribution in [3.05, 3.63) is 87.9 Å². The molecule has 0 N–H and O–H groups in total. The molecule has 0 radical (unpaired) electrons. The smallest absolute Gasteiger partial charge is 0.258 e. The van der Waals surface area contributed by atoms with Gasteiger partial charge in [-0.2, -0.15) is 0 Å². The van der Waals surface area contributed by atoms with Crippen LogP contribution in [0.3, 0.4) is 0 Å². The Kier molecular flexibility index (Phi) is 6.05. The molecule has 1 aliphatic heterocycles. The van der Waals surface area contributed by atoms with Crippen molar-refractivity contribution in [1.82, 2.24) is 4.90 Å². The number of methoxy groups -OCH3 is 3. The molecule has 0 unspecified atom stereocenters. The van der Waals surface area contributed by atoms with E-state index in [1.54, 1.807) is 33.5 Å². The van der Waals surface area contributed by atoms with Gasteiger partial charge in [-0.15, -0.1) is 0 Å². The van der Waals surface area contributed by atoms with Crippen LogP contribution >= 0.6 is 11.6 Å². The SMILES string of the molecule is COc1cc2c(cc1OC)[C@H](c1cccc(Cl)c1)N(C(=O)c1ccccc1OC)CC2. The maximum absolute atomic E-state index is 13.7. The standard InChI is InChI=1S/C25H24ClNO4/c1-29-21-10-5-4-9-19(21)25(28)27-12-11-16-14-22(30-2)23(31-3)15-20(16)24(27)17-7-6-8-18(26)13-17/h4-10,13-15,24H,11-12H2,1-3H3/t24-/m0/s1. The topological polar surface area (TPSA) is 48.0 Å². The van der Waals surface area contributed by atoms with E-state index in [0.29, 0.717) is 40.8 Å². The summed E-state index contributed by atoms with van der Waals surface area (Å²) < 4.78 is 16.5. The summed E-state index contributed by atoms with van der Waals surface area (Å²) in [6, 6.07) is 18.5. The Morgan fingerprint density at radius 1 is 0.903 bits per heavy atom. The molecular formula is C25H24ClNO4. The maximum Gasteiger partial charge on any atom is 0.258 e. The number of ether oxygens (including phenoxy) is 3. The molecule has 6 heteroatoms. The van der Waals surface area contributed by atoms with Crippen LogP contribution in [0.1, 0.15) is 33.1 Å². The van der Waals surface area contributed by atoms with Crippen LogP contribution in [-0.4, -0.2) is 38.7 Å². The second-order valence-corrected chi connectivity index (χ2v) is 7.75. The second-order valence-electron chi connectivity index (χ2n) is 7.31. The normalized spacial score (nSPS) is 15.2. The minimum atomic E-state index is -0.320. The molecule has 0 bridgehead atoms. The minimum absolute atomic E-state index is 0.0946. The Bertz CT molecular complexity index is 1110. The number of hydrogen-bond donors (Lipinski definition) is 0. The van der Waals surface area contributed by atoms with Crippen LogP contribution in [0, 0.1) is 0 Å². The van der Waals surface area contributed by atoms with E-state index in [2.05, 4.69) is 0 Å². The molecule has 4 rings (SSSR count). The van der Waals surface area contributed by atoms with E-state index in [0.717, 1.165) is 16.7 Å². The van der Waals surface area contributed by atoms with Crippen LogP contribution in [-0.2, 0) is 6.42 Å². The number of carbonyl (C=O) groups is 1. The molecule has 0 fully saturated rings. The molecule has 1 heterocycles. The highest BCUT2D eigenvalue weighted by Crippen LogP contribution is 2.42. The number of fused-ring (bicyclic) bond motifs is 1. The Balaban J connectivity index is 1.87. The van der Waals surface area contributed by atoms with E-state index in [-0.39, 0.29) is 11.9 Å². The van der Waals surface area contributed by atoms with Gasteiger partial charge >= 0.3 is 0 Å². The average Bonchev–Trinajstić information content (AvgIpc) is 2.81. The summed E-state index contributed by atoms with van der Waals surface area (Å²) in [7, 11) is 4.81. The van der Waals surface area contributed by atoms with Gasteiger partial charge in [0.25, 0.3) is 5.91 Å². The largest absolute Gasteiger partial charge is 0.496 e. The lowest BCUT2D eigenvalue weighted by Gasteiger charge is -2.38. The van der Waals surface area contributed by atoms with Crippen molar-refractivity contribution in [3.8, 4) is 17.2 Å². The zero-order valence-corrected chi connectivity index (χ0v) is 18.5. The number of carbonyl (C=O) groups excluding carboxylic acids is 1. The molecule has 0 saturated heterocycles. The van der Waals surface area contributed by atoms with Gasteiger partial charge in [0.05, 0.1) is 32.9 Å². The van der Waals surface area contributed by atoms with E-state index >= 15 is 0 Å². The van der Waals surface area contributed by atoms with Gasteiger partial charge in [-0.25, -0.2) is 0 Å². The zero-order valence-electron chi connectivity index (χ0n) is 17.7. The fourth-order valence-corrected chi connectivity index (χ4v) is 4.38. The Labute approximate surface area is 187 Å². The molecule has 0 saturated carbocycles. The average molecular weight is 438 g/mol. The molecule has 3 aromatic carbocycles. The van der Waals surface area contributed by atoms with Gasteiger partial charge < -0.3 is 19.1 Å². The molecule has 1 atom stereocenters. The summed E-state index contributed by atoms with van der Waals surface area (Å²) in [4.78, 5) is 15.6. The Morgan fingerprint density at radius 2 is 1.61 bits per heavy atom. The Hall–Kier alpha value is -3.18. The predicted molar refractivity (Wildman–Crippen MR) is 121 cm³/mol. The first kappa shape index (κ1) is 21.1. The molecule has 0 aliphatic carbocycles. The summed E-state index contributed by atoms with van der Waals surface area (Å²) in [5.74, 6) is 1.76. The van der Waals surface area contributed by atoms with Crippen molar-refractivity contribution in [2.45, 2.75) is 12.5 Å². The summed E-state index contributed by atoms with van der Waals surface area (Å²) in [5, 5.41) is 0.620. The summed E-state index contributed by atoms with van der Waals surface area (Å²) in [5.41, 5.74) is 3.57. The number of nitrogens with zero attached hydrogens (tertiary/aromatic N) is 1. The molecule has 160 valence electrons. The number of benzene rings is 3. The Morgan fingerprint density at radius 3 is 2.32 bits per heavy atom. The van der Waals surface area contributed by atoms with Crippen LogP contribution in [0.2, 0.25) is 5.02 Å². The first-order valence-electron chi connectivity index (χ1n) is 10.0. The van der Waals surface area contributed by atoms with Crippen molar-refractivity contribution in [2.24, 2.45) is 0 Å². The quantitative estimate of drug-likeness (QED) is 0.553. The molecule has 0 spiro atoms. The molecule has 1 amide bonds. The molecule has 5 nitrogen and oxygen atoms in total. The number of para-hydroxylation sites is 1. The van der Waals surface area contributed by atoms with Crippen molar-refractivity contribution < 1.29 is 19.0 Å². The number of amides is 1. The highest BCUT2D eigenvalue weighted by atomic mass is 35.5. The fourth-order valence-electron chi connectivity index (χ4n) is 4.18. The van der Waals surface area contributed by atoms with Gasteiger partial charge in [0.1, 0.15) is 5.75 Å². The lowest BCUT2D eigenvalue weighted by Crippen LogP contribution is -2.40.